The quantitative estimate of drug-likeness (QED) is 0.875. The molecule has 0 spiro atoms. The van der Waals surface area contributed by atoms with E-state index in [0.29, 0.717) is 0 Å². The topological polar surface area (TPSA) is 30.5 Å². The van der Waals surface area contributed by atoms with Gasteiger partial charge in [0, 0.05) is 43.7 Å². The van der Waals surface area contributed by atoms with Crippen molar-refractivity contribution in [3.8, 4) is 0 Å². The largest absolute Gasteiger partial charge is 0.381 e. The van der Waals surface area contributed by atoms with Gasteiger partial charge < -0.3 is 14.8 Å². The van der Waals surface area contributed by atoms with Crippen molar-refractivity contribution in [1.82, 2.24) is 5.32 Å². The summed E-state index contributed by atoms with van der Waals surface area (Å²) in [6, 6.07) is 8.33. The van der Waals surface area contributed by atoms with E-state index in [4.69, 9.17) is 21.1 Å². The van der Waals surface area contributed by atoms with Crippen LogP contribution in [0.15, 0.2) is 24.3 Å². The van der Waals surface area contributed by atoms with Crippen molar-refractivity contribution in [2.45, 2.75) is 37.8 Å². The summed E-state index contributed by atoms with van der Waals surface area (Å²) in [7, 11) is 2.01. The molecule has 20 heavy (non-hydrogen) atoms. The van der Waals surface area contributed by atoms with Gasteiger partial charge in [-0.05, 0) is 38.1 Å². The lowest BCUT2D eigenvalue weighted by Crippen LogP contribution is -2.55. The molecule has 0 aliphatic carbocycles. The van der Waals surface area contributed by atoms with Crippen LogP contribution in [0.25, 0.3) is 0 Å². The smallest absolute Gasteiger partial charge is 0.0881 e. The molecule has 1 atom stereocenters. The van der Waals surface area contributed by atoms with Crippen LogP contribution >= 0.6 is 11.6 Å². The highest BCUT2D eigenvalue weighted by molar-refractivity contribution is 6.30. The molecule has 0 aromatic heterocycles. The SMILES string of the molecule is CCOC1(C(Cc2cccc(Cl)c2)NC)CCOCC1. The summed E-state index contributed by atoms with van der Waals surface area (Å²) in [6.45, 7) is 4.33. The molecule has 1 heterocycles. The Morgan fingerprint density at radius 3 is 2.75 bits per heavy atom. The molecule has 3 nitrogen and oxygen atoms in total. The molecule has 0 amide bonds. The maximum atomic E-state index is 6.15. The number of hydrogen-bond donors (Lipinski definition) is 1. The molecule has 0 radical (unpaired) electrons. The highest BCUT2D eigenvalue weighted by atomic mass is 35.5. The lowest BCUT2D eigenvalue weighted by Gasteiger charge is -2.43. The Bertz CT molecular complexity index is 413. The molecule has 1 unspecified atom stereocenters. The van der Waals surface area contributed by atoms with Crippen LogP contribution in [0.1, 0.15) is 25.3 Å². The minimum absolute atomic E-state index is 0.135. The maximum Gasteiger partial charge on any atom is 0.0881 e. The van der Waals surface area contributed by atoms with Crippen molar-refractivity contribution in [3.63, 3.8) is 0 Å². The van der Waals surface area contributed by atoms with Crippen LogP contribution in [0.3, 0.4) is 0 Å². The van der Waals surface area contributed by atoms with Crippen LogP contribution in [0.4, 0.5) is 0 Å². The Morgan fingerprint density at radius 1 is 1.40 bits per heavy atom. The molecule has 1 N–H and O–H groups in total. The molecule has 1 aliphatic rings. The molecule has 1 aromatic rings. The second-order valence-electron chi connectivity index (χ2n) is 5.29. The molecular formula is C16H24ClNO2. The van der Waals surface area contributed by atoms with Gasteiger partial charge in [-0.25, -0.2) is 0 Å². The maximum absolute atomic E-state index is 6.15. The number of likely N-dealkylation sites (N-methyl/N-ethyl adjacent to an activating group) is 1. The van der Waals surface area contributed by atoms with Crippen molar-refractivity contribution < 1.29 is 9.47 Å². The standard InChI is InChI=1S/C16H24ClNO2/c1-3-20-16(7-9-19-10-8-16)15(18-2)12-13-5-4-6-14(17)11-13/h4-6,11,15,18H,3,7-10,12H2,1-2H3. The second kappa shape index (κ2) is 7.41. The summed E-state index contributed by atoms with van der Waals surface area (Å²) < 4.78 is 11.7. The van der Waals surface area contributed by atoms with Gasteiger partial charge in [0.15, 0.2) is 0 Å². The minimum atomic E-state index is -0.135. The summed E-state index contributed by atoms with van der Waals surface area (Å²) in [5, 5.41) is 4.23. The molecule has 1 aliphatic heterocycles. The van der Waals surface area contributed by atoms with Crippen molar-refractivity contribution >= 4 is 11.6 Å². The average Bonchev–Trinajstić information content (AvgIpc) is 2.46. The third-order valence-corrected chi connectivity index (χ3v) is 4.32. The molecule has 0 bridgehead atoms. The summed E-state index contributed by atoms with van der Waals surface area (Å²) in [5.41, 5.74) is 1.10. The molecule has 0 saturated carbocycles. The number of ether oxygens (including phenoxy) is 2. The van der Waals surface area contributed by atoms with Crippen LogP contribution in [-0.2, 0) is 15.9 Å². The van der Waals surface area contributed by atoms with Crippen LogP contribution in [0, 0.1) is 0 Å². The van der Waals surface area contributed by atoms with Crippen molar-refractivity contribution in [3.05, 3.63) is 34.9 Å². The van der Waals surface area contributed by atoms with Crippen molar-refractivity contribution in [2.75, 3.05) is 26.9 Å². The van der Waals surface area contributed by atoms with E-state index in [0.717, 1.165) is 44.1 Å². The lowest BCUT2D eigenvalue weighted by atomic mass is 9.82. The van der Waals surface area contributed by atoms with Gasteiger partial charge >= 0.3 is 0 Å². The van der Waals surface area contributed by atoms with Crippen molar-refractivity contribution in [1.29, 1.82) is 0 Å². The number of rotatable bonds is 6. The van der Waals surface area contributed by atoms with E-state index in [9.17, 15) is 0 Å². The molecular weight excluding hydrogens is 274 g/mol. The Labute approximate surface area is 126 Å². The zero-order chi connectivity index (χ0) is 14.4. The Morgan fingerprint density at radius 2 is 2.15 bits per heavy atom. The van der Waals surface area contributed by atoms with Gasteiger partial charge in [0.1, 0.15) is 0 Å². The zero-order valence-corrected chi connectivity index (χ0v) is 13.1. The first-order valence-electron chi connectivity index (χ1n) is 7.33. The summed E-state index contributed by atoms with van der Waals surface area (Å²) in [4.78, 5) is 0. The number of nitrogens with one attached hydrogen (secondary N) is 1. The van der Waals surface area contributed by atoms with Crippen molar-refractivity contribution in [2.24, 2.45) is 0 Å². The number of benzene rings is 1. The third-order valence-electron chi connectivity index (χ3n) is 4.08. The van der Waals surface area contributed by atoms with Gasteiger partial charge in [-0.3, -0.25) is 0 Å². The minimum Gasteiger partial charge on any atom is -0.381 e. The molecule has 2 rings (SSSR count). The summed E-state index contributed by atoms with van der Waals surface area (Å²) in [5.74, 6) is 0. The van der Waals surface area contributed by atoms with Gasteiger partial charge in [0.05, 0.1) is 5.60 Å². The monoisotopic (exact) mass is 297 g/mol. The first-order valence-corrected chi connectivity index (χ1v) is 7.71. The normalized spacial score (nSPS) is 19.8. The number of hydrogen-bond acceptors (Lipinski definition) is 3. The van der Waals surface area contributed by atoms with E-state index in [1.54, 1.807) is 0 Å². The molecule has 1 saturated heterocycles. The van der Waals surface area contributed by atoms with Gasteiger partial charge in [-0.2, -0.15) is 0 Å². The van der Waals surface area contributed by atoms with E-state index in [-0.39, 0.29) is 11.6 Å². The fraction of sp³-hybridized carbons (Fsp3) is 0.625. The van der Waals surface area contributed by atoms with E-state index < -0.39 is 0 Å². The Kier molecular flexibility index (Phi) is 5.85. The van der Waals surface area contributed by atoms with Gasteiger partial charge in [-0.1, -0.05) is 23.7 Å². The highest BCUT2D eigenvalue weighted by Gasteiger charge is 2.40. The second-order valence-corrected chi connectivity index (χ2v) is 5.72. The zero-order valence-electron chi connectivity index (χ0n) is 12.3. The highest BCUT2D eigenvalue weighted by Crippen LogP contribution is 2.31. The molecule has 4 heteroatoms. The van der Waals surface area contributed by atoms with E-state index >= 15 is 0 Å². The molecule has 112 valence electrons. The van der Waals surface area contributed by atoms with Crippen LogP contribution in [-0.4, -0.2) is 38.5 Å². The van der Waals surface area contributed by atoms with E-state index in [1.165, 1.54) is 5.56 Å². The van der Waals surface area contributed by atoms with E-state index in [1.807, 2.05) is 25.2 Å². The third kappa shape index (κ3) is 3.73. The fourth-order valence-corrected chi connectivity index (χ4v) is 3.26. The lowest BCUT2D eigenvalue weighted by molar-refractivity contribution is -0.125. The van der Waals surface area contributed by atoms with Gasteiger partial charge in [-0.15, -0.1) is 0 Å². The average molecular weight is 298 g/mol. The molecule has 1 aromatic carbocycles. The number of halogens is 1. The van der Waals surface area contributed by atoms with Crippen LogP contribution in [0.5, 0.6) is 0 Å². The van der Waals surface area contributed by atoms with Gasteiger partial charge in [0.25, 0.3) is 0 Å². The van der Waals surface area contributed by atoms with Gasteiger partial charge in [0.2, 0.25) is 0 Å². The summed E-state index contributed by atoms with van der Waals surface area (Å²) in [6.07, 6.45) is 2.79. The van der Waals surface area contributed by atoms with Crippen LogP contribution in [0.2, 0.25) is 5.02 Å². The van der Waals surface area contributed by atoms with Crippen LogP contribution < -0.4 is 5.32 Å². The Hall–Kier alpha value is -0.610. The predicted molar refractivity (Wildman–Crippen MR) is 82.4 cm³/mol. The Balaban J connectivity index is 2.15. The molecule has 1 fully saturated rings. The summed E-state index contributed by atoms with van der Waals surface area (Å²) >= 11 is 6.08. The predicted octanol–water partition coefficient (Wildman–Crippen LogP) is 3.06. The first kappa shape index (κ1) is 15.8. The first-order chi connectivity index (χ1) is 9.70. The fourth-order valence-electron chi connectivity index (χ4n) is 3.05. The van der Waals surface area contributed by atoms with E-state index in [2.05, 4.69) is 18.3 Å².